The predicted octanol–water partition coefficient (Wildman–Crippen LogP) is 2.19. The monoisotopic (exact) mass is 245 g/mol. The zero-order valence-electron chi connectivity index (χ0n) is 11.2. The standard InChI is InChI=1S/C14H19N3O/c1-10-7-11(2)16-14(13(10)8-15)17(3)9-12-5-4-6-18-12/h7,12H,4-6,9H2,1-3H3. The van der Waals surface area contributed by atoms with Crippen LogP contribution in [0.2, 0.25) is 0 Å². The van der Waals surface area contributed by atoms with Crippen molar-refractivity contribution in [3.05, 3.63) is 22.9 Å². The second-order valence-electron chi connectivity index (χ2n) is 4.91. The minimum atomic E-state index is 0.268. The Labute approximate surface area is 108 Å². The first-order valence-corrected chi connectivity index (χ1v) is 6.33. The maximum Gasteiger partial charge on any atom is 0.146 e. The summed E-state index contributed by atoms with van der Waals surface area (Å²) in [4.78, 5) is 6.53. The van der Waals surface area contributed by atoms with E-state index < -0.39 is 0 Å². The third-order valence-corrected chi connectivity index (χ3v) is 3.30. The first-order valence-electron chi connectivity index (χ1n) is 6.33. The fourth-order valence-electron chi connectivity index (χ4n) is 2.41. The number of rotatable bonds is 3. The van der Waals surface area contributed by atoms with Crippen LogP contribution >= 0.6 is 0 Å². The number of ether oxygens (including phenoxy) is 1. The summed E-state index contributed by atoms with van der Waals surface area (Å²) in [6.07, 6.45) is 2.49. The van der Waals surface area contributed by atoms with E-state index in [9.17, 15) is 5.26 Å². The van der Waals surface area contributed by atoms with E-state index in [0.29, 0.717) is 5.56 Å². The average Bonchev–Trinajstić information content (AvgIpc) is 2.80. The van der Waals surface area contributed by atoms with Gasteiger partial charge in [-0.05, 0) is 38.3 Å². The van der Waals surface area contributed by atoms with Gasteiger partial charge in [-0.15, -0.1) is 0 Å². The van der Waals surface area contributed by atoms with E-state index >= 15 is 0 Å². The van der Waals surface area contributed by atoms with E-state index in [-0.39, 0.29) is 6.10 Å². The fraction of sp³-hybridized carbons (Fsp3) is 0.571. The van der Waals surface area contributed by atoms with Crippen LogP contribution in [-0.4, -0.2) is 31.3 Å². The number of hydrogen-bond donors (Lipinski definition) is 0. The molecule has 0 bridgehead atoms. The molecule has 0 amide bonds. The van der Waals surface area contributed by atoms with Crippen LogP contribution in [0.1, 0.15) is 29.7 Å². The van der Waals surface area contributed by atoms with Gasteiger partial charge in [0.05, 0.1) is 11.7 Å². The molecule has 1 atom stereocenters. The number of nitriles is 1. The molecule has 1 saturated heterocycles. The zero-order chi connectivity index (χ0) is 13.1. The molecule has 2 rings (SSSR count). The molecule has 96 valence electrons. The molecule has 4 heteroatoms. The van der Waals surface area contributed by atoms with Crippen LogP contribution in [0.3, 0.4) is 0 Å². The molecule has 0 aromatic carbocycles. The first-order chi connectivity index (χ1) is 8.61. The van der Waals surface area contributed by atoms with Gasteiger partial charge < -0.3 is 9.64 Å². The number of aromatic nitrogens is 1. The number of nitrogens with zero attached hydrogens (tertiary/aromatic N) is 3. The highest BCUT2D eigenvalue weighted by atomic mass is 16.5. The molecule has 1 aromatic heterocycles. The van der Waals surface area contributed by atoms with Crippen LogP contribution in [0.5, 0.6) is 0 Å². The van der Waals surface area contributed by atoms with Gasteiger partial charge in [0.15, 0.2) is 0 Å². The van der Waals surface area contributed by atoms with Crippen LogP contribution in [0.4, 0.5) is 5.82 Å². The smallest absolute Gasteiger partial charge is 0.146 e. The minimum absolute atomic E-state index is 0.268. The van der Waals surface area contributed by atoms with Crippen LogP contribution < -0.4 is 4.90 Å². The van der Waals surface area contributed by atoms with Crippen molar-refractivity contribution in [1.29, 1.82) is 5.26 Å². The maximum atomic E-state index is 9.25. The molecular weight excluding hydrogens is 226 g/mol. The molecule has 1 aliphatic rings. The lowest BCUT2D eigenvalue weighted by molar-refractivity contribution is 0.116. The van der Waals surface area contributed by atoms with Gasteiger partial charge in [0.25, 0.3) is 0 Å². The van der Waals surface area contributed by atoms with Gasteiger partial charge in [0, 0.05) is 25.9 Å². The van der Waals surface area contributed by atoms with Gasteiger partial charge in [-0.3, -0.25) is 0 Å². The third kappa shape index (κ3) is 2.62. The number of pyridine rings is 1. The van der Waals surface area contributed by atoms with Crippen LogP contribution in [0.15, 0.2) is 6.07 Å². The lowest BCUT2D eigenvalue weighted by Crippen LogP contribution is -2.30. The van der Waals surface area contributed by atoms with E-state index in [1.54, 1.807) is 0 Å². The quantitative estimate of drug-likeness (QED) is 0.819. The van der Waals surface area contributed by atoms with E-state index in [1.807, 2.05) is 31.9 Å². The molecule has 1 unspecified atom stereocenters. The second-order valence-corrected chi connectivity index (χ2v) is 4.91. The first kappa shape index (κ1) is 12.8. The second kappa shape index (κ2) is 5.36. The molecule has 18 heavy (non-hydrogen) atoms. The number of anilines is 1. The SMILES string of the molecule is Cc1cc(C)c(C#N)c(N(C)CC2CCCO2)n1. The van der Waals surface area contributed by atoms with Crippen molar-refractivity contribution in [3.63, 3.8) is 0 Å². The van der Waals surface area contributed by atoms with Gasteiger partial charge in [0.2, 0.25) is 0 Å². The molecule has 4 nitrogen and oxygen atoms in total. The molecule has 0 aliphatic carbocycles. The molecule has 0 radical (unpaired) electrons. The summed E-state index contributed by atoms with van der Waals surface area (Å²) < 4.78 is 5.63. The summed E-state index contributed by atoms with van der Waals surface area (Å²) in [5.74, 6) is 0.769. The Balaban J connectivity index is 2.23. The Bertz CT molecular complexity index is 473. The van der Waals surface area contributed by atoms with Gasteiger partial charge in [-0.25, -0.2) is 4.98 Å². The van der Waals surface area contributed by atoms with Crippen molar-refractivity contribution < 1.29 is 4.74 Å². The summed E-state index contributed by atoms with van der Waals surface area (Å²) in [6.45, 7) is 5.56. The van der Waals surface area contributed by atoms with Crippen molar-refractivity contribution in [2.24, 2.45) is 0 Å². The Hall–Kier alpha value is -1.60. The van der Waals surface area contributed by atoms with Crippen LogP contribution in [0, 0.1) is 25.2 Å². The molecular formula is C14H19N3O. The number of hydrogen-bond acceptors (Lipinski definition) is 4. The highest BCUT2D eigenvalue weighted by Crippen LogP contribution is 2.22. The Morgan fingerprint density at radius 2 is 2.33 bits per heavy atom. The van der Waals surface area contributed by atoms with Gasteiger partial charge in [0.1, 0.15) is 11.9 Å². The van der Waals surface area contributed by atoms with Crippen molar-refractivity contribution in [2.45, 2.75) is 32.8 Å². The number of likely N-dealkylation sites (N-methyl/N-ethyl adjacent to an activating group) is 1. The Morgan fingerprint density at radius 3 is 2.94 bits per heavy atom. The normalized spacial score (nSPS) is 18.7. The lowest BCUT2D eigenvalue weighted by Gasteiger charge is -2.23. The Kier molecular flexibility index (Phi) is 3.83. The molecule has 1 fully saturated rings. The van der Waals surface area contributed by atoms with Crippen molar-refractivity contribution in [2.75, 3.05) is 25.1 Å². The van der Waals surface area contributed by atoms with E-state index in [1.165, 1.54) is 0 Å². The largest absolute Gasteiger partial charge is 0.376 e. The van der Waals surface area contributed by atoms with Crippen molar-refractivity contribution >= 4 is 5.82 Å². The molecule has 1 aliphatic heterocycles. The van der Waals surface area contributed by atoms with Crippen LogP contribution in [-0.2, 0) is 4.74 Å². The summed E-state index contributed by atoms with van der Waals surface area (Å²) in [5.41, 5.74) is 2.60. The summed E-state index contributed by atoms with van der Waals surface area (Å²) in [5, 5.41) is 9.25. The minimum Gasteiger partial charge on any atom is -0.376 e. The predicted molar refractivity (Wildman–Crippen MR) is 70.7 cm³/mol. The van der Waals surface area contributed by atoms with E-state index in [2.05, 4.69) is 11.1 Å². The lowest BCUT2D eigenvalue weighted by atomic mass is 10.1. The summed E-state index contributed by atoms with van der Waals surface area (Å²) in [6, 6.07) is 4.20. The average molecular weight is 245 g/mol. The molecule has 0 spiro atoms. The Morgan fingerprint density at radius 1 is 1.56 bits per heavy atom. The molecule has 0 N–H and O–H groups in total. The molecule has 2 heterocycles. The third-order valence-electron chi connectivity index (χ3n) is 3.30. The summed E-state index contributed by atoms with van der Waals surface area (Å²) in [7, 11) is 1.98. The highest BCUT2D eigenvalue weighted by Gasteiger charge is 2.20. The molecule has 1 aromatic rings. The maximum absolute atomic E-state index is 9.25. The van der Waals surface area contributed by atoms with E-state index in [4.69, 9.17) is 4.74 Å². The van der Waals surface area contributed by atoms with Crippen molar-refractivity contribution in [3.8, 4) is 6.07 Å². The van der Waals surface area contributed by atoms with Gasteiger partial charge in [-0.2, -0.15) is 5.26 Å². The topological polar surface area (TPSA) is 49.2 Å². The van der Waals surface area contributed by atoms with Gasteiger partial charge >= 0.3 is 0 Å². The van der Waals surface area contributed by atoms with Crippen LogP contribution in [0.25, 0.3) is 0 Å². The molecule has 0 saturated carbocycles. The fourth-order valence-corrected chi connectivity index (χ4v) is 2.41. The van der Waals surface area contributed by atoms with Crippen molar-refractivity contribution in [1.82, 2.24) is 4.98 Å². The highest BCUT2D eigenvalue weighted by molar-refractivity contribution is 5.57. The zero-order valence-corrected chi connectivity index (χ0v) is 11.2. The van der Waals surface area contributed by atoms with Gasteiger partial charge in [-0.1, -0.05) is 0 Å². The number of aryl methyl sites for hydroxylation is 2. The summed E-state index contributed by atoms with van der Waals surface area (Å²) >= 11 is 0. The van der Waals surface area contributed by atoms with E-state index in [0.717, 1.165) is 43.1 Å².